The van der Waals surface area contributed by atoms with Crippen LogP contribution in [0.3, 0.4) is 0 Å². The zero-order chi connectivity index (χ0) is 24.4. The zero-order valence-electron chi connectivity index (χ0n) is 20.7. The fourth-order valence-corrected chi connectivity index (χ4v) is 5.16. The van der Waals surface area contributed by atoms with Crippen LogP contribution in [0.4, 0.5) is 13.2 Å². The monoisotopic (exact) mass is 472 g/mol. The first-order chi connectivity index (χ1) is 16.3. The second-order valence-corrected chi connectivity index (χ2v) is 9.66. The number of alkyl halides is 1. The van der Waals surface area contributed by atoms with Crippen LogP contribution < -0.4 is 4.74 Å². The number of rotatable bonds is 7. The van der Waals surface area contributed by atoms with Gasteiger partial charge in [0.2, 0.25) is 0 Å². The molecule has 0 spiro atoms. The van der Waals surface area contributed by atoms with E-state index in [0.29, 0.717) is 41.5 Å². The summed E-state index contributed by atoms with van der Waals surface area (Å²) in [4.78, 5) is 0. The predicted octanol–water partition coefficient (Wildman–Crippen LogP) is 8.32. The Kier molecular flexibility index (Phi) is 7.59. The van der Waals surface area contributed by atoms with E-state index in [1.165, 1.54) is 11.6 Å². The topological polar surface area (TPSA) is 18.5 Å². The molecule has 2 unspecified atom stereocenters. The van der Waals surface area contributed by atoms with Crippen molar-refractivity contribution in [3.8, 4) is 5.75 Å². The minimum atomic E-state index is -1.09. The van der Waals surface area contributed by atoms with Crippen molar-refractivity contribution >= 4 is 5.57 Å². The molecule has 4 rings (SSSR count). The molecule has 3 aliphatic rings. The van der Waals surface area contributed by atoms with Crippen LogP contribution in [0.1, 0.15) is 83.3 Å². The maximum absolute atomic E-state index is 16.2. The summed E-state index contributed by atoms with van der Waals surface area (Å²) in [5.74, 6) is -0.201. The van der Waals surface area contributed by atoms with E-state index in [1.54, 1.807) is 19.3 Å². The number of hydrogen-bond donors (Lipinski definition) is 0. The van der Waals surface area contributed by atoms with Gasteiger partial charge < -0.3 is 9.47 Å². The van der Waals surface area contributed by atoms with Crippen LogP contribution in [0, 0.1) is 11.6 Å². The molecule has 0 bridgehead atoms. The van der Waals surface area contributed by atoms with Gasteiger partial charge in [0.25, 0.3) is 0 Å². The molecule has 2 atom stereocenters. The Bertz CT molecular complexity index is 1070. The van der Waals surface area contributed by atoms with E-state index in [0.717, 1.165) is 43.4 Å². The van der Waals surface area contributed by atoms with Crippen molar-refractivity contribution in [1.29, 1.82) is 0 Å². The first-order valence-electron chi connectivity index (χ1n) is 12.6. The van der Waals surface area contributed by atoms with Crippen LogP contribution in [0.2, 0.25) is 0 Å². The molecule has 1 aromatic rings. The van der Waals surface area contributed by atoms with Crippen LogP contribution >= 0.6 is 0 Å². The third kappa shape index (κ3) is 4.71. The lowest BCUT2D eigenvalue weighted by Crippen LogP contribution is -2.21. The molecule has 1 saturated carbocycles. The molecule has 0 N–H and O–H groups in total. The normalized spacial score (nSPS) is 22.6. The van der Waals surface area contributed by atoms with Crippen molar-refractivity contribution in [2.75, 3.05) is 7.11 Å². The summed E-state index contributed by atoms with van der Waals surface area (Å²) < 4.78 is 57.8. The third-order valence-corrected chi connectivity index (χ3v) is 7.17. The molecular formula is C29H35F3O2. The number of allylic oxidation sites excluding steroid dienone is 7. The Hall–Kier alpha value is -2.43. The van der Waals surface area contributed by atoms with Crippen molar-refractivity contribution in [1.82, 2.24) is 0 Å². The van der Waals surface area contributed by atoms with E-state index in [4.69, 9.17) is 9.47 Å². The van der Waals surface area contributed by atoms with Crippen molar-refractivity contribution < 1.29 is 22.6 Å². The van der Waals surface area contributed by atoms with Gasteiger partial charge in [-0.3, -0.25) is 0 Å². The Morgan fingerprint density at radius 3 is 2.59 bits per heavy atom. The average Bonchev–Trinajstić information content (AvgIpc) is 2.75. The standard InChI is InChI=1S/C29H35F3O2/c1-5-6-10-23(29(33-4)19-8-7-9-19)26(21-14-12-20(30)15-17(21)2)27-24(31)16-25-22(28(27)32)13-11-18(3)34-25/h14-16,18,20H,5-13H2,1-4H3/b26-23-. The fraction of sp³-hybridized carbons (Fsp3) is 0.517. The molecule has 0 amide bonds. The lowest BCUT2D eigenvalue weighted by atomic mass is 9.80. The van der Waals surface area contributed by atoms with Gasteiger partial charge in [0.05, 0.1) is 18.8 Å². The van der Waals surface area contributed by atoms with Gasteiger partial charge in [-0.1, -0.05) is 19.4 Å². The highest BCUT2D eigenvalue weighted by Gasteiger charge is 2.32. The molecule has 0 aromatic heterocycles. The first-order valence-corrected chi connectivity index (χ1v) is 12.6. The van der Waals surface area contributed by atoms with Crippen LogP contribution in [0.25, 0.3) is 5.57 Å². The number of hydrogen-bond acceptors (Lipinski definition) is 2. The van der Waals surface area contributed by atoms with Gasteiger partial charge in [-0.15, -0.1) is 0 Å². The molecule has 1 fully saturated rings. The van der Waals surface area contributed by atoms with Crippen molar-refractivity contribution in [3.63, 3.8) is 0 Å². The molecule has 0 saturated heterocycles. The molecule has 184 valence electrons. The second-order valence-electron chi connectivity index (χ2n) is 9.66. The van der Waals surface area contributed by atoms with Gasteiger partial charge in [-0.25, -0.2) is 13.2 Å². The number of benzene rings is 1. The summed E-state index contributed by atoms with van der Waals surface area (Å²) in [6, 6.07) is 1.32. The van der Waals surface area contributed by atoms with Crippen molar-refractivity contribution in [2.24, 2.45) is 0 Å². The van der Waals surface area contributed by atoms with Crippen LogP contribution in [0.15, 0.2) is 46.3 Å². The minimum Gasteiger partial charge on any atom is -0.497 e. The average molecular weight is 473 g/mol. The largest absolute Gasteiger partial charge is 0.497 e. The Balaban J connectivity index is 2.02. The Morgan fingerprint density at radius 2 is 1.97 bits per heavy atom. The van der Waals surface area contributed by atoms with Gasteiger partial charge >= 0.3 is 0 Å². The smallest absolute Gasteiger partial charge is 0.140 e. The number of ether oxygens (including phenoxy) is 2. The van der Waals surface area contributed by atoms with E-state index in [9.17, 15) is 4.39 Å². The maximum atomic E-state index is 16.2. The highest BCUT2D eigenvalue weighted by molar-refractivity contribution is 5.89. The number of methoxy groups -OCH3 is 1. The minimum absolute atomic E-state index is 0.0474. The molecule has 0 radical (unpaired) electrons. The maximum Gasteiger partial charge on any atom is 0.140 e. The second kappa shape index (κ2) is 10.5. The number of halogens is 3. The van der Waals surface area contributed by atoms with Gasteiger partial charge in [0, 0.05) is 29.2 Å². The highest BCUT2D eigenvalue weighted by Crippen LogP contribution is 2.45. The van der Waals surface area contributed by atoms with Crippen LogP contribution in [-0.4, -0.2) is 19.4 Å². The summed E-state index contributed by atoms with van der Waals surface area (Å²) >= 11 is 0. The van der Waals surface area contributed by atoms with Crippen LogP contribution in [0.5, 0.6) is 5.75 Å². The van der Waals surface area contributed by atoms with Gasteiger partial charge in [-0.2, -0.15) is 0 Å². The van der Waals surface area contributed by atoms with Crippen LogP contribution in [-0.2, 0) is 11.2 Å². The van der Waals surface area contributed by atoms with E-state index in [1.807, 2.05) is 13.8 Å². The summed E-state index contributed by atoms with van der Waals surface area (Å²) in [6.45, 7) is 5.82. The molecule has 5 heteroatoms. The van der Waals surface area contributed by atoms with Gasteiger partial charge in [0.15, 0.2) is 0 Å². The summed E-state index contributed by atoms with van der Waals surface area (Å²) in [5.41, 5.74) is 4.26. The Labute approximate surface area is 201 Å². The summed E-state index contributed by atoms with van der Waals surface area (Å²) in [5, 5.41) is 0. The summed E-state index contributed by atoms with van der Waals surface area (Å²) in [6.07, 6.45) is 8.87. The Morgan fingerprint density at radius 1 is 1.21 bits per heavy atom. The molecule has 1 aliphatic heterocycles. The lowest BCUT2D eigenvalue weighted by Gasteiger charge is -2.29. The van der Waals surface area contributed by atoms with E-state index in [-0.39, 0.29) is 23.8 Å². The lowest BCUT2D eigenvalue weighted by molar-refractivity contribution is 0.189. The van der Waals surface area contributed by atoms with E-state index in [2.05, 4.69) is 6.92 Å². The van der Waals surface area contributed by atoms with E-state index >= 15 is 8.78 Å². The molecular weight excluding hydrogens is 437 g/mol. The van der Waals surface area contributed by atoms with Gasteiger partial charge in [-0.05, 0) is 81.6 Å². The molecule has 34 heavy (non-hydrogen) atoms. The molecule has 2 nitrogen and oxygen atoms in total. The zero-order valence-corrected chi connectivity index (χ0v) is 20.7. The first kappa shape index (κ1) is 24.7. The number of unbranched alkanes of at least 4 members (excludes halogenated alkanes) is 1. The third-order valence-electron chi connectivity index (χ3n) is 7.17. The fourth-order valence-electron chi connectivity index (χ4n) is 5.16. The van der Waals surface area contributed by atoms with Crippen molar-refractivity contribution in [2.45, 2.75) is 90.8 Å². The molecule has 1 aromatic carbocycles. The highest BCUT2D eigenvalue weighted by atomic mass is 19.1. The van der Waals surface area contributed by atoms with E-state index < -0.39 is 17.8 Å². The van der Waals surface area contributed by atoms with Crippen molar-refractivity contribution in [3.05, 3.63) is 69.0 Å². The molecule has 2 aliphatic carbocycles. The predicted molar refractivity (Wildman–Crippen MR) is 130 cm³/mol. The molecule has 1 heterocycles. The quantitative estimate of drug-likeness (QED) is 0.372. The van der Waals surface area contributed by atoms with Gasteiger partial charge in [0.1, 0.15) is 29.3 Å². The SMILES string of the molecule is CCCC/C(C(OC)=C1CCC1)=C(\C1=CCC(F)C=C1C)c1c(F)cc2c(c1F)CCC(C)O2. The summed E-state index contributed by atoms with van der Waals surface area (Å²) in [7, 11) is 1.63. The number of fused-ring (bicyclic) bond motifs is 1.